The molecule has 1 rings (SSSR count). The zero-order valence-electron chi connectivity index (χ0n) is 15.8. The molecule has 0 spiro atoms. The number of aliphatic hydroxyl groups excluding tert-OH is 1. The minimum Gasteiger partial charge on any atom is -0.469 e. The van der Waals surface area contributed by atoms with Gasteiger partial charge >= 0.3 is 11.9 Å². The third kappa shape index (κ3) is 6.68. The standard InChI is InChI=1S/C18H31ClO7/c1-4-6-8-24-16-13(20)10-12(18(22)23-3)15(26-14(21)11-19)17(16)25-9-7-5-2/h12-13,15-17,20H,4-11H2,1-3H3/t12?,13-,15-,16?,17+/m1/s1. The molecular formula is C18H31ClO7. The maximum Gasteiger partial charge on any atom is 0.321 e. The van der Waals surface area contributed by atoms with Gasteiger partial charge in [0, 0.05) is 13.2 Å². The molecule has 0 radical (unpaired) electrons. The Labute approximate surface area is 160 Å². The molecule has 26 heavy (non-hydrogen) atoms. The van der Waals surface area contributed by atoms with Crippen LogP contribution in [-0.4, -0.2) is 67.7 Å². The number of aliphatic hydroxyl groups is 1. The van der Waals surface area contributed by atoms with E-state index in [1.165, 1.54) is 7.11 Å². The van der Waals surface area contributed by atoms with Crippen molar-refractivity contribution in [3.63, 3.8) is 0 Å². The fraction of sp³-hybridized carbons (Fsp3) is 0.889. The fourth-order valence-electron chi connectivity index (χ4n) is 3.00. The Morgan fingerprint density at radius 3 is 2.12 bits per heavy atom. The van der Waals surface area contributed by atoms with Gasteiger partial charge < -0.3 is 24.1 Å². The minimum atomic E-state index is -0.923. The number of unbranched alkanes of at least 4 members (excludes halogenated alkanes) is 2. The van der Waals surface area contributed by atoms with Gasteiger partial charge in [-0.15, -0.1) is 11.6 Å². The predicted molar refractivity (Wildman–Crippen MR) is 96.0 cm³/mol. The fourth-order valence-corrected chi connectivity index (χ4v) is 3.06. The third-order valence-electron chi connectivity index (χ3n) is 4.42. The van der Waals surface area contributed by atoms with Gasteiger partial charge in [0.25, 0.3) is 0 Å². The van der Waals surface area contributed by atoms with Crippen LogP contribution in [0, 0.1) is 5.92 Å². The lowest BCUT2D eigenvalue weighted by Gasteiger charge is -2.43. The Morgan fingerprint density at radius 1 is 1.04 bits per heavy atom. The van der Waals surface area contributed by atoms with Crippen LogP contribution in [0.25, 0.3) is 0 Å². The van der Waals surface area contributed by atoms with Crippen molar-refractivity contribution >= 4 is 23.5 Å². The highest BCUT2D eigenvalue weighted by Gasteiger charge is 2.51. The number of ether oxygens (including phenoxy) is 4. The topological polar surface area (TPSA) is 91.3 Å². The first kappa shape index (κ1) is 23.1. The maximum atomic E-state index is 12.2. The number of hydrogen-bond acceptors (Lipinski definition) is 7. The molecule has 1 saturated carbocycles. The van der Waals surface area contributed by atoms with Crippen LogP contribution < -0.4 is 0 Å². The highest BCUT2D eigenvalue weighted by molar-refractivity contribution is 6.26. The quantitative estimate of drug-likeness (QED) is 0.326. The molecule has 1 fully saturated rings. The maximum absolute atomic E-state index is 12.2. The molecule has 1 aliphatic rings. The first-order valence-corrected chi connectivity index (χ1v) is 9.78. The number of carbonyl (C=O) groups excluding carboxylic acids is 2. The van der Waals surface area contributed by atoms with Gasteiger partial charge in [0.15, 0.2) is 0 Å². The number of methoxy groups -OCH3 is 1. The van der Waals surface area contributed by atoms with Crippen LogP contribution in [0.15, 0.2) is 0 Å². The number of esters is 2. The van der Waals surface area contributed by atoms with E-state index in [-0.39, 0.29) is 12.3 Å². The van der Waals surface area contributed by atoms with E-state index in [1.54, 1.807) is 0 Å². The van der Waals surface area contributed by atoms with Crippen molar-refractivity contribution in [3.05, 3.63) is 0 Å². The lowest BCUT2D eigenvalue weighted by atomic mass is 9.80. The van der Waals surface area contributed by atoms with Gasteiger partial charge in [0.1, 0.15) is 24.2 Å². The Morgan fingerprint density at radius 2 is 1.62 bits per heavy atom. The molecule has 0 amide bonds. The average molecular weight is 395 g/mol. The van der Waals surface area contributed by atoms with Crippen molar-refractivity contribution < 1.29 is 33.6 Å². The van der Waals surface area contributed by atoms with Gasteiger partial charge in [-0.2, -0.15) is 0 Å². The lowest BCUT2D eigenvalue weighted by Crippen LogP contribution is -2.59. The van der Waals surface area contributed by atoms with Crippen molar-refractivity contribution in [3.8, 4) is 0 Å². The van der Waals surface area contributed by atoms with Crippen LogP contribution in [0.4, 0.5) is 0 Å². The Bertz CT molecular complexity index is 432. The second-order valence-electron chi connectivity index (χ2n) is 6.40. The van der Waals surface area contributed by atoms with E-state index in [9.17, 15) is 14.7 Å². The second-order valence-corrected chi connectivity index (χ2v) is 6.67. The highest BCUT2D eigenvalue weighted by atomic mass is 35.5. The van der Waals surface area contributed by atoms with Crippen LogP contribution in [0.3, 0.4) is 0 Å². The summed E-state index contributed by atoms with van der Waals surface area (Å²) in [6.45, 7) is 4.92. The molecule has 0 aromatic heterocycles. The largest absolute Gasteiger partial charge is 0.469 e. The van der Waals surface area contributed by atoms with Crippen LogP contribution in [0.5, 0.6) is 0 Å². The summed E-state index contributed by atoms with van der Waals surface area (Å²) in [5.74, 6) is -2.39. The molecule has 7 nitrogen and oxygen atoms in total. The van der Waals surface area contributed by atoms with Gasteiger partial charge in [-0.3, -0.25) is 9.59 Å². The van der Waals surface area contributed by atoms with Crippen molar-refractivity contribution in [1.29, 1.82) is 0 Å². The number of carbonyl (C=O) groups is 2. The molecule has 1 N–H and O–H groups in total. The predicted octanol–water partition coefficient (Wildman–Crippen LogP) is 2.06. The summed E-state index contributed by atoms with van der Waals surface area (Å²) in [6, 6.07) is 0. The molecule has 0 heterocycles. The van der Waals surface area contributed by atoms with Crippen LogP contribution in [0.1, 0.15) is 46.0 Å². The van der Waals surface area contributed by atoms with Crippen molar-refractivity contribution in [2.45, 2.75) is 70.4 Å². The van der Waals surface area contributed by atoms with Crippen molar-refractivity contribution in [2.24, 2.45) is 5.92 Å². The summed E-state index contributed by atoms with van der Waals surface area (Å²) in [6.07, 6.45) is 0.269. The molecule has 152 valence electrons. The van der Waals surface area contributed by atoms with Gasteiger partial charge in [-0.05, 0) is 19.3 Å². The summed E-state index contributed by atoms with van der Waals surface area (Å²) >= 11 is 5.56. The molecule has 0 aliphatic heterocycles. The van der Waals surface area contributed by atoms with E-state index in [1.807, 2.05) is 13.8 Å². The first-order valence-electron chi connectivity index (χ1n) is 9.24. The molecule has 5 atom stereocenters. The number of hydrogen-bond donors (Lipinski definition) is 1. The van der Waals surface area contributed by atoms with Crippen molar-refractivity contribution in [2.75, 3.05) is 26.2 Å². The SMILES string of the molecule is CCCCOC1[C@H](O)CC(C(=O)OC)[C@@H](OC(=O)CCl)[C@@H]1OCCCC. The Kier molecular flexibility index (Phi) is 11.1. The molecule has 0 aromatic carbocycles. The smallest absolute Gasteiger partial charge is 0.321 e. The minimum absolute atomic E-state index is 0.0668. The molecule has 0 aromatic rings. The first-order chi connectivity index (χ1) is 12.5. The number of alkyl halides is 1. The summed E-state index contributed by atoms with van der Waals surface area (Å²) < 4.78 is 22.0. The van der Waals surface area contributed by atoms with Gasteiger partial charge in [0.2, 0.25) is 0 Å². The van der Waals surface area contributed by atoms with E-state index in [4.69, 9.17) is 30.5 Å². The summed E-state index contributed by atoms with van der Waals surface area (Å²) in [7, 11) is 1.26. The van der Waals surface area contributed by atoms with Crippen molar-refractivity contribution in [1.82, 2.24) is 0 Å². The van der Waals surface area contributed by atoms with Gasteiger partial charge in [0.05, 0.1) is 19.1 Å². The van der Waals surface area contributed by atoms with E-state index in [0.717, 1.165) is 25.7 Å². The van der Waals surface area contributed by atoms with Gasteiger partial charge in [-0.25, -0.2) is 0 Å². The summed E-state index contributed by atoms with van der Waals surface area (Å²) in [5.41, 5.74) is 0. The molecular weight excluding hydrogens is 364 g/mol. The third-order valence-corrected chi connectivity index (χ3v) is 4.63. The van der Waals surface area contributed by atoms with E-state index < -0.39 is 42.3 Å². The van der Waals surface area contributed by atoms with Crippen LogP contribution in [-0.2, 0) is 28.5 Å². The van der Waals surface area contributed by atoms with Crippen LogP contribution in [0.2, 0.25) is 0 Å². The Hall–Kier alpha value is -0.890. The average Bonchev–Trinajstić information content (AvgIpc) is 2.64. The van der Waals surface area contributed by atoms with E-state index in [2.05, 4.69) is 0 Å². The number of halogens is 1. The van der Waals surface area contributed by atoms with E-state index >= 15 is 0 Å². The van der Waals surface area contributed by atoms with E-state index in [0.29, 0.717) is 13.2 Å². The van der Waals surface area contributed by atoms with Gasteiger partial charge in [-0.1, -0.05) is 26.7 Å². The Balaban J connectivity index is 3.05. The zero-order valence-corrected chi connectivity index (χ0v) is 16.6. The molecule has 0 saturated heterocycles. The normalized spacial score (nSPS) is 28.6. The second kappa shape index (κ2) is 12.5. The molecule has 2 unspecified atom stereocenters. The molecule has 8 heteroatoms. The monoisotopic (exact) mass is 394 g/mol. The number of rotatable bonds is 11. The highest BCUT2D eigenvalue weighted by Crippen LogP contribution is 2.33. The summed E-state index contributed by atoms with van der Waals surface area (Å²) in [5, 5.41) is 10.5. The molecule has 0 bridgehead atoms. The molecule has 1 aliphatic carbocycles. The lowest BCUT2D eigenvalue weighted by molar-refractivity contribution is -0.215. The zero-order chi connectivity index (χ0) is 19.5. The summed E-state index contributed by atoms with van der Waals surface area (Å²) in [4.78, 5) is 24.0. The van der Waals surface area contributed by atoms with Crippen LogP contribution >= 0.6 is 11.6 Å².